The molecule has 4 aromatic heterocycles. The number of nitrogens with zero attached hydrogens (tertiary/aromatic N) is 3. The van der Waals surface area contributed by atoms with E-state index >= 15 is 0 Å². The van der Waals surface area contributed by atoms with Crippen LogP contribution in [0.15, 0.2) is 95.7 Å². The van der Waals surface area contributed by atoms with Crippen molar-refractivity contribution >= 4 is 46.0 Å². The Morgan fingerprint density at radius 1 is 0.615 bits per heavy atom. The summed E-state index contributed by atoms with van der Waals surface area (Å²) in [4.78, 5) is 36.4. The molecular formula is C31H19N3O5. The predicted molar refractivity (Wildman–Crippen MR) is 147 cm³/mol. The summed E-state index contributed by atoms with van der Waals surface area (Å²) >= 11 is 0. The van der Waals surface area contributed by atoms with Crippen LogP contribution < -0.4 is 0 Å². The minimum Gasteiger partial charge on any atom is -0.478 e. The van der Waals surface area contributed by atoms with Crippen molar-refractivity contribution in [2.45, 2.75) is 0 Å². The highest BCUT2D eigenvalue weighted by molar-refractivity contribution is 6.05. The molecule has 0 aliphatic rings. The normalized spacial score (nSPS) is 11.4. The molecule has 2 N–H and O–H groups in total. The first kappa shape index (κ1) is 23.7. The van der Waals surface area contributed by atoms with Crippen LogP contribution in [0.25, 0.3) is 56.9 Å². The summed E-state index contributed by atoms with van der Waals surface area (Å²) in [7, 11) is 0. The Kier molecular flexibility index (Phi) is 5.89. The van der Waals surface area contributed by atoms with E-state index in [9.17, 15) is 19.8 Å². The van der Waals surface area contributed by atoms with Crippen LogP contribution in [0.2, 0.25) is 0 Å². The van der Waals surface area contributed by atoms with Crippen LogP contribution in [0.5, 0.6) is 0 Å². The summed E-state index contributed by atoms with van der Waals surface area (Å²) < 4.78 is 5.91. The fourth-order valence-electron chi connectivity index (χ4n) is 4.35. The van der Waals surface area contributed by atoms with E-state index in [1.807, 2.05) is 54.6 Å². The maximum absolute atomic E-state index is 11.8. The highest BCUT2D eigenvalue weighted by Gasteiger charge is 2.15. The van der Waals surface area contributed by atoms with E-state index in [1.165, 1.54) is 30.5 Å². The average molecular weight is 514 g/mol. The van der Waals surface area contributed by atoms with Crippen molar-refractivity contribution < 1.29 is 24.2 Å². The molecule has 0 radical (unpaired) electrons. The second-order valence-electron chi connectivity index (χ2n) is 8.83. The molecule has 39 heavy (non-hydrogen) atoms. The topological polar surface area (TPSA) is 126 Å². The number of fused-ring (bicyclic) bond motifs is 3. The van der Waals surface area contributed by atoms with Crippen molar-refractivity contribution in [1.29, 1.82) is 0 Å². The summed E-state index contributed by atoms with van der Waals surface area (Å²) in [5.74, 6) is -2.26. The first-order chi connectivity index (χ1) is 18.9. The number of aromatic carboxylic acids is 2. The Morgan fingerprint density at radius 3 is 1.97 bits per heavy atom. The third-order valence-corrected chi connectivity index (χ3v) is 6.26. The van der Waals surface area contributed by atoms with Gasteiger partial charge >= 0.3 is 11.9 Å². The van der Waals surface area contributed by atoms with Crippen molar-refractivity contribution in [2.24, 2.45) is 0 Å². The van der Waals surface area contributed by atoms with Crippen LogP contribution in [-0.2, 0) is 0 Å². The Labute approximate surface area is 221 Å². The monoisotopic (exact) mass is 513 g/mol. The number of hydrogen-bond acceptors (Lipinski definition) is 6. The van der Waals surface area contributed by atoms with E-state index in [0.717, 1.165) is 33.1 Å². The maximum atomic E-state index is 11.8. The van der Waals surface area contributed by atoms with Crippen molar-refractivity contribution in [1.82, 2.24) is 15.0 Å². The van der Waals surface area contributed by atoms with E-state index in [4.69, 9.17) is 4.42 Å². The number of para-hydroxylation sites is 1. The number of aromatic nitrogens is 3. The van der Waals surface area contributed by atoms with Gasteiger partial charge in [-0.15, -0.1) is 0 Å². The molecule has 6 aromatic rings. The summed E-state index contributed by atoms with van der Waals surface area (Å²) in [5.41, 5.74) is 4.78. The second kappa shape index (κ2) is 9.68. The molecule has 4 heterocycles. The molecule has 0 fully saturated rings. The number of rotatable bonds is 6. The molecule has 0 unspecified atom stereocenters. The van der Waals surface area contributed by atoms with Gasteiger partial charge in [0.25, 0.3) is 0 Å². The highest BCUT2D eigenvalue weighted by atomic mass is 16.4. The fourth-order valence-corrected chi connectivity index (χ4v) is 4.35. The average Bonchev–Trinajstić information content (AvgIpc) is 3.34. The number of pyridine rings is 3. The molecule has 0 saturated carbocycles. The third-order valence-electron chi connectivity index (χ3n) is 6.26. The Balaban J connectivity index is 1.36. The molecule has 0 bridgehead atoms. The standard InChI is InChI=1S/C31H19N3O5/c35-30(36)20-10-12-33-25(15-20)27-17-21(31(37)38)16-26(34-27)24-14-19(9-11-32-24)6-5-18-7-8-29-23(13-18)22-3-1-2-4-28(22)39-29/h1-17H,(H,35,36)(H,37,38)/b6-5+. The lowest BCUT2D eigenvalue weighted by Crippen LogP contribution is -2.02. The Morgan fingerprint density at radius 2 is 1.23 bits per heavy atom. The lowest BCUT2D eigenvalue weighted by atomic mass is 10.1. The minimum atomic E-state index is -1.15. The second-order valence-corrected chi connectivity index (χ2v) is 8.83. The van der Waals surface area contributed by atoms with Crippen LogP contribution in [0.3, 0.4) is 0 Å². The first-order valence-electron chi connectivity index (χ1n) is 12.0. The first-order valence-corrected chi connectivity index (χ1v) is 12.0. The van der Waals surface area contributed by atoms with Gasteiger partial charge in [-0.25, -0.2) is 14.6 Å². The van der Waals surface area contributed by atoms with Gasteiger partial charge in [-0.2, -0.15) is 0 Å². The summed E-state index contributed by atoms with van der Waals surface area (Å²) in [6.07, 6.45) is 6.89. The number of carboxylic acid groups (broad SMARTS) is 2. The Bertz CT molecular complexity index is 1940. The molecule has 2 aromatic carbocycles. The summed E-state index contributed by atoms with van der Waals surface area (Å²) in [6.45, 7) is 0. The van der Waals surface area contributed by atoms with Crippen LogP contribution in [0, 0.1) is 0 Å². The van der Waals surface area contributed by atoms with Gasteiger partial charge < -0.3 is 14.6 Å². The summed E-state index contributed by atoms with van der Waals surface area (Å²) in [5, 5.41) is 21.1. The zero-order chi connectivity index (χ0) is 26.9. The van der Waals surface area contributed by atoms with E-state index in [-0.39, 0.29) is 22.5 Å². The van der Waals surface area contributed by atoms with Crippen LogP contribution in [0.1, 0.15) is 31.8 Å². The van der Waals surface area contributed by atoms with Crippen LogP contribution in [0.4, 0.5) is 0 Å². The van der Waals surface area contributed by atoms with E-state index in [1.54, 1.807) is 12.3 Å². The minimum absolute atomic E-state index is 0.0130. The van der Waals surface area contributed by atoms with Crippen molar-refractivity contribution in [3.8, 4) is 22.8 Å². The molecule has 0 saturated heterocycles. The fraction of sp³-hybridized carbons (Fsp3) is 0. The number of carboxylic acids is 2. The molecule has 0 aliphatic heterocycles. The molecule has 8 nitrogen and oxygen atoms in total. The maximum Gasteiger partial charge on any atom is 0.335 e. The zero-order valence-electron chi connectivity index (χ0n) is 20.3. The van der Waals surface area contributed by atoms with Gasteiger partial charge in [-0.05, 0) is 65.7 Å². The third kappa shape index (κ3) is 4.74. The number of carbonyl (C=O) groups is 2. The van der Waals surface area contributed by atoms with E-state index in [2.05, 4.69) is 21.0 Å². The predicted octanol–water partition coefficient (Wildman–Crippen LogP) is 6.67. The SMILES string of the molecule is O=C(O)c1ccnc(-c2cc(C(=O)O)cc(-c3cc(/C=C/c4ccc5oc6ccccc6c5c4)ccn3)n2)c1. The lowest BCUT2D eigenvalue weighted by Gasteiger charge is -2.08. The molecule has 188 valence electrons. The zero-order valence-corrected chi connectivity index (χ0v) is 20.3. The van der Waals surface area contributed by atoms with E-state index in [0.29, 0.717) is 11.4 Å². The van der Waals surface area contributed by atoms with Crippen molar-refractivity contribution in [3.05, 3.63) is 114 Å². The molecule has 0 spiro atoms. The number of benzene rings is 2. The van der Waals surface area contributed by atoms with Crippen molar-refractivity contribution in [2.75, 3.05) is 0 Å². The smallest absolute Gasteiger partial charge is 0.335 e. The lowest BCUT2D eigenvalue weighted by molar-refractivity contribution is 0.0686. The van der Waals surface area contributed by atoms with E-state index < -0.39 is 11.9 Å². The summed E-state index contributed by atoms with van der Waals surface area (Å²) in [6, 6.07) is 23.1. The number of hydrogen-bond donors (Lipinski definition) is 2. The van der Waals surface area contributed by atoms with Gasteiger partial charge in [0.15, 0.2) is 0 Å². The quantitative estimate of drug-likeness (QED) is 0.253. The molecule has 0 aliphatic carbocycles. The van der Waals surface area contributed by atoms with Crippen LogP contribution in [-0.4, -0.2) is 37.1 Å². The molecule has 0 amide bonds. The largest absolute Gasteiger partial charge is 0.478 e. The van der Waals surface area contributed by atoms with Crippen molar-refractivity contribution in [3.63, 3.8) is 0 Å². The van der Waals surface area contributed by atoms with Gasteiger partial charge in [0.05, 0.1) is 33.9 Å². The van der Waals surface area contributed by atoms with Gasteiger partial charge in [0.1, 0.15) is 11.2 Å². The van der Waals surface area contributed by atoms with Crippen LogP contribution >= 0.6 is 0 Å². The van der Waals surface area contributed by atoms with Gasteiger partial charge in [-0.1, -0.05) is 36.4 Å². The van der Waals surface area contributed by atoms with Gasteiger partial charge in [0.2, 0.25) is 0 Å². The molecule has 6 rings (SSSR count). The van der Waals surface area contributed by atoms with Gasteiger partial charge in [0, 0.05) is 23.2 Å². The highest BCUT2D eigenvalue weighted by Crippen LogP contribution is 2.30. The van der Waals surface area contributed by atoms with Gasteiger partial charge in [-0.3, -0.25) is 9.97 Å². The number of furan rings is 1. The molecular weight excluding hydrogens is 494 g/mol. The Hall–Kier alpha value is -5.63. The molecule has 8 heteroatoms. The molecule has 0 atom stereocenters.